The Balaban J connectivity index is 1.96. The Morgan fingerprint density at radius 3 is 2.80 bits per heavy atom. The molecule has 0 bridgehead atoms. The van der Waals surface area contributed by atoms with Crippen LogP contribution in [0.2, 0.25) is 0 Å². The van der Waals surface area contributed by atoms with Crippen molar-refractivity contribution < 1.29 is 0 Å². The van der Waals surface area contributed by atoms with Gasteiger partial charge in [-0.05, 0) is 34.1 Å². The Bertz CT molecular complexity index is 435. The summed E-state index contributed by atoms with van der Waals surface area (Å²) in [4.78, 5) is 4.28. The minimum absolute atomic E-state index is 0.554. The molecule has 0 fully saturated rings. The number of nitrogens with zero attached hydrogens (tertiary/aromatic N) is 3. The molecule has 0 amide bonds. The fourth-order valence-electron chi connectivity index (χ4n) is 1.29. The van der Waals surface area contributed by atoms with Crippen LogP contribution in [-0.4, -0.2) is 14.8 Å². The average Bonchev–Trinajstić information content (AvgIpc) is 2.64. The Morgan fingerprint density at radius 1 is 1.33 bits per heavy atom. The van der Waals surface area contributed by atoms with E-state index in [0.29, 0.717) is 5.82 Å². The molecule has 0 unspecified atom stereocenters. The monoisotopic (exact) mass is 266 g/mol. The summed E-state index contributed by atoms with van der Waals surface area (Å²) in [6.07, 6.45) is 4.52. The Hall–Kier alpha value is -1.36. The van der Waals surface area contributed by atoms with Gasteiger partial charge in [0.25, 0.3) is 0 Å². The lowest BCUT2D eigenvalue weighted by molar-refractivity contribution is 0.611. The number of hydrogen-bond donors (Lipinski definition) is 1. The molecule has 0 atom stereocenters. The minimum Gasteiger partial charge on any atom is -0.382 e. The van der Waals surface area contributed by atoms with Crippen molar-refractivity contribution in [3.05, 3.63) is 40.8 Å². The van der Waals surface area contributed by atoms with Crippen LogP contribution in [0.1, 0.15) is 5.69 Å². The average molecular weight is 267 g/mol. The molecule has 4 nitrogen and oxygen atoms in total. The minimum atomic E-state index is 0.554. The molecule has 2 aromatic heterocycles. The SMILES string of the molecule is Nc1ccn(CCc2ccc(Br)cn2)n1. The molecule has 0 aromatic carbocycles. The summed E-state index contributed by atoms with van der Waals surface area (Å²) >= 11 is 3.35. The first kappa shape index (κ1) is 10.2. The predicted octanol–water partition coefficient (Wildman–Crippen LogP) is 1.87. The van der Waals surface area contributed by atoms with E-state index in [1.54, 1.807) is 12.3 Å². The summed E-state index contributed by atoms with van der Waals surface area (Å²) in [6.45, 7) is 0.797. The molecular weight excluding hydrogens is 256 g/mol. The van der Waals surface area contributed by atoms with Gasteiger partial charge in [-0.1, -0.05) is 0 Å². The summed E-state index contributed by atoms with van der Waals surface area (Å²) in [6, 6.07) is 5.77. The molecule has 78 valence electrons. The molecule has 0 saturated heterocycles. The molecule has 5 heteroatoms. The number of anilines is 1. The number of nitrogen functional groups attached to an aromatic ring is 1. The summed E-state index contributed by atoms with van der Waals surface area (Å²) in [5.41, 5.74) is 6.56. The summed E-state index contributed by atoms with van der Waals surface area (Å²) < 4.78 is 2.81. The summed E-state index contributed by atoms with van der Waals surface area (Å²) in [5, 5.41) is 4.10. The predicted molar refractivity (Wildman–Crippen MR) is 62.3 cm³/mol. The van der Waals surface area contributed by atoms with Gasteiger partial charge in [0.1, 0.15) is 5.82 Å². The van der Waals surface area contributed by atoms with Crippen LogP contribution in [0.4, 0.5) is 5.82 Å². The number of aryl methyl sites for hydroxylation is 2. The van der Waals surface area contributed by atoms with Gasteiger partial charge >= 0.3 is 0 Å². The normalized spacial score (nSPS) is 10.5. The maximum absolute atomic E-state index is 5.51. The highest BCUT2D eigenvalue weighted by Crippen LogP contribution is 2.08. The van der Waals surface area contributed by atoms with Crippen molar-refractivity contribution in [1.29, 1.82) is 0 Å². The largest absolute Gasteiger partial charge is 0.382 e. The van der Waals surface area contributed by atoms with E-state index in [0.717, 1.165) is 23.1 Å². The standard InChI is InChI=1S/C10H11BrN4/c11-8-1-2-9(13-7-8)3-5-15-6-4-10(12)14-15/h1-2,4,6-7H,3,5H2,(H2,12,14). The second kappa shape index (κ2) is 4.44. The van der Waals surface area contributed by atoms with Crippen molar-refractivity contribution in [1.82, 2.24) is 14.8 Å². The highest BCUT2D eigenvalue weighted by Gasteiger charge is 1.97. The van der Waals surface area contributed by atoms with Crippen LogP contribution >= 0.6 is 15.9 Å². The van der Waals surface area contributed by atoms with E-state index >= 15 is 0 Å². The van der Waals surface area contributed by atoms with Gasteiger partial charge in [0.15, 0.2) is 0 Å². The molecule has 0 aliphatic heterocycles. The molecule has 2 heterocycles. The number of halogens is 1. The zero-order valence-electron chi connectivity index (χ0n) is 8.10. The molecule has 0 aliphatic rings. The van der Waals surface area contributed by atoms with E-state index in [1.807, 2.05) is 23.0 Å². The van der Waals surface area contributed by atoms with E-state index < -0.39 is 0 Å². The van der Waals surface area contributed by atoms with Crippen LogP contribution in [0.3, 0.4) is 0 Å². The van der Waals surface area contributed by atoms with Crippen LogP contribution in [0, 0.1) is 0 Å². The maximum Gasteiger partial charge on any atom is 0.145 e. The number of aromatic nitrogens is 3. The third-order valence-corrected chi connectivity index (χ3v) is 2.52. The van der Waals surface area contributed by atoms with Crippen molar-refractivity contribution >= 4 is 21.7 Å². The van der Waals surface area contributed by atoms with Crippen LogP contribution < -0.4 is 5.73 Å². The molecule has 0 spiro atoms. The highest BCUT2D eigenvalue weighted by molar-refractivity contribution is 9.10. The number of pyridine rings is 1. The lowest BCUT2D eigenvalue weighted by atomic mass is 10.3. The Labute approximate surface area is 96.3 Å². The van der Waals surface area contributed by atoms with Crippen molar-refractivity contribution in [3.8, 4) is 0 Å². The molecule has 0 saturated carbocycles. The van der Waals surface area contributed by atoms with E-state index in [1.165, 1.54) is 0 Å². The second-order valence-corrected chi connectivity index (χ2v) is 4.14. The van der Waals surface area contributed by atoms with E-state index in [9.17, 15) is 0 Å². The lowest BCUT2D eigenvalue weighted by Crippen LogP contribution is -2.03. The van der Waals surface area contributed by atoms with Crippen LogP contribution in [0.25, 0.3) is 0 Å². The van der Waals surface area contributed by atoms with Crippen LogP contribution in [0.15, 0.2) is 35.1 Å². The van der Waals surface area contributed by atoms with Gasteiger partial charge in [0.05, 0.1) is 0 Å². The molecular formula is C10H11BrN4. The first-order valence-corrected chi connectivity index (χ1v) is 5.43. The van der Waals surface area contributed by atoms with Crippen LogP contribution in [0.5, 0.6) is 0 Å². The molecule has 0 aliphatic carbocycles. The molecule has 2 N–H and O–H groups in total. The fourth-order valence-corrected chi connectivity index (χ4v) is 1.52. The Kier molecular flexibility index (Phi) is 3.01. The summed E-state index contributed by atoms with van der Waals surface area (Å²) in [7, 11) is 0. The van der Waals surface area contributed by atoms with Crippen molar-refractivity contribution in [2.24, 2.45) is 0 Å². The van der Waals surface area contributed by atoms with Gasteiger partial charge in [-0.25, -0.2) is 0 Å². The van der Waals surface area contributed by atoms with E-state index in [-0.39, 0.29) is 0 Å². The molecule has 0 radical (unpaired) electrons. The van der Waals surface area contributed by atoms with Crippen molar-refractivity contribution in [3.63, 3.8) is 0 Å². The smallest absolute Gasteiger partial charge is 0.145 e. The molecule has 2 aromatic rings. The quantitative estimate of drug-likeness (QED) is 0.923. The van der Waals surface area contributed by atoms with E-state index in [2.05, 4.69) is 26.0 Å². The maximum atomic E-state index is 5.51. The number of rotatable bonds is 3. The van der Waals surface area contributed by atoms with Gasteiger partial charge in [0, 0.05) is 35.5 Å². The van der Waals surface area contributed by atoms with Crippen molar-refractivity contribution in [2.45, 2.75) is 13.0 Å². The zero-order valence-corrected chi connectivity index (χ0v) is 9.68. The fraction of sp³-hybridized carbons (Fsp3) is 0.200. The number of nitrogens with two attached hydrogens (primary N) is 1. The summed E-state index contributed by atoms with van der Waals surface area (Å²) in [5.74, 6) is 0.554. The third kappa shape index (κ3) is 2.79. The van der Waals surface area contributed by atoms with Gasteiger partial charge < -0.3 is 5.73 Å². The van der Waals surface area contributed by atoms with Gasteiger partial charge in [-0.3, -0.25) is 9.67 Å². The second-order valence-electron chi connectivity index (χ2n) is 3.22. The first-order chi connectivity index (χ1) is 7.24. The first-order valence-electron chi connectivity index (χ1n) is 4.63. The zero-order chi connectivity index (χ0) is 10.7. The van der Waals surface area contributed by atoms with Gasteiger partial charge in [-0.15, -0.1) is 0 Å². The third-order valence-electron chi connectivity index (χ3n) is 2.05. The van der Waals surface area contributed by atoms with Gasteiger partial charge in [-0.2, -0.15) is 5.10 Å². The highest BCUT2D eigenvalue weighted by atomic mass is 79.9. The lowest BCUT2D eigenvalue weighted by Gasteiger charge is -2.01. The van der Waals surface area contributed by atoms with Crippen molar-refractivity contribution in [2.75, 3.05) is 5.73 Å². The number of hydrogen-bond acceptors (Lipinski definition) is 3. The molecule has 2 rings (SSSR count). The molecule has 15 heavy (non-hydrogen) atoms. The van der Waals surface area contributed by atoms with Gasteiger partial charge in [0.2, 0.25) is 0 Å². The Morgan fingerprint density at radius 2 is 2.20 bits per heavy atom. The topological polar surface area (TPSA) is 56.7 Å². The van der Waals surface area contributed by atoms with Crippen LogP contribution in [-0.2, 0) is 13.0 Å². The van der Waals surface area contributed by atoms with E-state index in [4.69, 9.17) is 5.73 Å².